The predicted molar refractivity (Wildman–Crippen MR) is 116 cm³/mol. The Kier molecular flexibility index (Phi) is 5.67. The second-order valence-electron chi connectivity index (χ2n) is 6.33. The van der Waals surface area contributed by atoms with Gasteiger partial charge in [-0.2, -0.15) is 0 Å². The van der Waals surface area contributed by atoms with E-state index < -0.39 is 0 Å². The fourth-order valence-corrected chi connectivity index (χ4v) is 4.03. The Morgan fingerprint density at radius 3 is 2.93 bits per heavy atom. The van der Waals surface area contributed by atoms with Crippen molar-refractivity contribution >= 4 is 34.2 Å². The lowest BCUT2D eigenvalue weighted by molar-refractivity contribution is -0.116. The van der Waals surface area contributed by atoms with E-state index in [-0.39, 0.29) is 5.91 Å². The van der Waals surface area contributed by atoms with Gasteiger partial charge in [0.2, 0.25) is 5.91 Å². The van der Waals surface area contributed by atoms with Crippen LogP contribution in [-0.4, -0.2) is 34.5 Å². The summed E-state index contributed by atoms with van der Waals surface area (Å²) < 4.78 is 5.35. The van der Waals surface area contributed by atoms with Gasteiger partial charge in [-0.25, -0.2) is 9.97 Å². The lowest BCUT2D eigenvalue weighted by Gasteiger charge is -2.04. The first kappa shape index (κ1) is 18.9. The zero-order chi connectivity index (χ0) is 20.1. The number of H-pyrrole nitrogens is 1. The van der Waals surface area contributed by atoms with E-state index in [0.29, 0.717) is 12.4 Å². The molecule has 0 radical (unpaired) electrons. The van der Waals surface area contributed by atoms with Gasteiger partial charge in [-0.3, -0.25) is 4.79 Å². The van der Waals surface area contributed by atoms with Crippen molar-refractivity contribution in [3.05, 3.63) is 70.8 Å². The average molecular weight is 404 g/mol. The molecule has 0 saturated heterocycles. The van der Waals surface area contributed by atoms with Crippen molar-refractivity contribution in [3.8, 4) is 17.1 Å². The van der Waals surface area contributed by atoms with Crippen molar-refractivity contribution < 1.29 is 9.53 Å². The Hall–Kier alpha value is -3.45. The average Bonchev–Trinajstić information content (AvgIpc) is 3.39. The molecule has 2 N–H and O–H groups in total. The molecule has 4 rings (SSSR count). The number of fused-ring (bicyclic) bond motifs is 1. The first-order valence-electron chi connectivity index (χ1n) is 9.20. The topological polar surface area (TPSA) is 79.9 Å². The van der Waals surface area contributed by atoms with Gasteiger partial charge in [-0.1, -0.05) is 12.1 Å². The van der Waals surface area contributed by atoms with E-state index in [0.717, 1.165) is 39.1 Å². The van der Waals surface area contributed by atoms with Crippen LogP contribution in [0.3, 0.4) is 0 Å². The van der Waals surface area contributed by atoms with Gasteiger partial charge >= 0.3 is 0 Å². The molecular weight excluding hydrogens is 384 g/mol. The fraction of sp³-hybridized carbons (Fsp3) is 0.136. The highest BCUT2D eigenvalue weighted by Crippen LogP contribution is 2.28. The minimum Gasteiger partial charge on any atom is -0.495 e. The summed E-state index contributed by atoms with van der Waals surface area (Å²) in [4.78, 5) is 25.2. The molecule has 3 heterocycles. The van der Waals surface area contributed by atoms with Crippen molar-refractivity contribution in [2.45, 2.75) is 6.42 Å². The smallest absolute Gasteiger partial charge is 0.244 e. The van der Waals surface area contributed by atoms with E-state index in [9.17, 15) is 4.79 Å². The lowest BCUT2D eigenvalue weighted by Crippen LogP contribution is -2.23. The molecule has 0 aliphatic rings. The molecule has 0 spiro atoms. The molecule has 7 heteroatoms. The third-order valence-electron chi connectivity index (χ3n) is 4.55. The number of benzene rings is 1. The van der Waals surface area contributed by atoms with Gasteiger partial charge in [-0.05, 0) is 36.1 Å². The summed E-state index contributed by atoms with van der Waals surface area (Å²) in [6.45, 7) is 0.547. The van der Waals surface area contributed by atoms with Crippen molar-refractivity contribution in [1.82, 2.24) is 20.3 Å². The molecule has 0 bridgehead atoms. The first-order chi connectivity index (χ1) is 14.3. The molecule has 0 aliphatic heterocycles. The molecular formula is C22H20N4O2S. The van der Waals surface area contributed by atoms with Crippen LogP contribution in [-0.2, 0) is 11.2 Å². The number of para-hydroxylation sites is 1. The Labute approximate surface area is 172 Å². The predicted octanol–water partition coefficient (Wildman–Crippen LogP) is 4.07. The molecule has 4 aromatic rings. The number of methoxy groups -OCH3 is 1. The Balaban J connectivity index is 1.36. The summed E-state index contributed by atoms with van der Waals surface area (Å²) in [5.41, 5.74) is 2.88. The number of nitrogens with zero attached hydrogens (tertiary/aromatic N) is 2. The summed E-state index contributed by atoms with van der Waals surface area (Å²) in [7, 11) is 1.64. The zero-order valence-electron chi connectivity index (χ0n) is 15.9. The van der Waals surface area contributed by atoms with Crippen molar-refractivity contribution in [2.75, 3.05) is 13.7 Å². The van der Waals surface area contributed by atoms with Crippen molar-refractivity contribution in [3.63, 3.8) is 0 Å². The van der Waals surface area contributed by atoms with Crippen LogP contribution in [0.15, 0.2) is 60.4 Å². The fourth-order valence-electron chi connectivity index (χ4n) is 3.15. The highest BCUT2D eigenvalue weighted by Gasteiger charge is 2.09. The van der Waals surface area contributed by atoms with Crippen molar-refractivity contribution in [2.24, 2.45) is 0 Å². The molecule has 1 aromatic carbocycles. The van der Waals surface area contributed by atoms with E-state index in [1.54, 1.807) is 43.0 Å². The first-order valence-corrected chi connectivity index (χ1v) is 10.1. The van der Waals surface area contributed by atoms with Crippen LogP contribution in [0.1, 0.15) is 10.4 Å². The zero-order valence-corrected chi connectivity index (χ0v) is 16.7. The van der Waals surface area contributed by atoms with Gasteiger partial charge in [-0.15, -0.1) is 11.3 Å². The second-order valence-corrected chi connectivity index (χ2v) is 7.33. The number of nitrogens with one attached hydrogen (secondary N) is 2. The number of amides is 1. The SMILES string of the molecule is COc1cccc2c(/C=C/C(=O)NCCc3sccc3-c3ncccn3)c[nH]c12. The number of carbonyl (C=O) groups excluding carboxylic acids is 1. The number of ether oxygens (including phenoxy) is 1. The Morgan fingerprint density at radius 2 is 2.10 bits per heavy atom. The van der Waals surface area contributed by atoms with Crippen LogP contribution in [0.25, 0.3) is 28.4 Å². The number of thiophene rings is 1. The lowest BCUT2D eigenvalue weighted by atomic mass is 10.1. The quantitative estimate of drug-likeness (QED) is 0.455. The van der Waals surface area contributed by atoms with Gasteiger partial charge in [0, 0.05) is 52.6 Å². The highest BCUT2D eigenvalue weighted by atomic mass is 32.1. The second kappa shape index (κ2) is 8.70. The summed E-state index contributed by atoms with van der Waals surface area (Å²) in [5.74, 6) is 1.36. The summed E-state index contributed by atoms with van der Waals surface area (Å²) in [6.07, 6.45) is 9.43. The summed E-state index contributed by atoms with van der Waals surface area (Å²) in [5, 5.41) is 5.97. The van der Waals surface area contributed by atoms with Crippen LogP contribution in [0.5, 0.6) is 5.75 Å². The van der Waals surface area contributed by atoms with Crippen LogP contribution in [0.4, 0.5) is 0 Å². The number of hydrogen-bond acceptors (Lipinski definition) is 5. The van der Waals surface area contributed by atoms with E-state index in [4.69, 9.17) is 4.74 Å². The number of carbonyl (C=O) groups is 1. The van der Waals surface area contributed by atoms with Crippen LogP contribution in [0, 0.1) is 0 Å². The Bertz CT molecular complexity index is 1150. The van der Waals surface area contributed by atoms with Gasteiger partial charge in [0.1, 0.15) is 5.75 Å². The highest BCUT2D eigenvalue weighted by molar-refractivity contribution is 7.10. The molecule has 146 valence electrons. The minimum atomic E-state index is -0.128. The van der Waals surface area contributed by atoms with E-state index in [1.165, 1.54) is 0 Å². The molecule has 0 fully saturated rings. The van der Waals surface area contributed by atoms with Gasteiger partial charge in [0.25, 0.3) is 0 Å². The van der Waals surface area contributed by atoms with E-state index >= 15 is 0 Å². The van der Waals surface area contributed by atoms with Gasteiger partial charge in [0.05, 0.1) is 12.6 Å². The molecule has 29 heavy (non-hydrogen) atoms. The molecule has 6 nitrogen and oxygen atoms in total. The maximum Gasteiger partial charge on any atom is 0.244 e. The normalized spacial score (nSPS) is 11.2. The Morgan fingerprint density at radius 1 is 1.24 bits per heavy atom. The molecule has 3 aromatic heterocycles. The van der Waals surface area contributed by atoms with E-state index in [1.807, 2.05) is 41.9 Å². The monoisotopic (exact) mass is 404 g/mol. The van der Waals surface area contributed by atoms with Crippen molar-refractivity contribution in [1.29, 1.82) is 0 Å². The molecule has 0 saturated carbocycles. The number of aromatic amines is 1. The third kappa shape index (κ3) is 4.20. The van der Waals surface area contributed by atoms with Gasteiger partial charge < -0.3 is 15.0 Å². The summed E-state index contributed by atoms with van der Waals surface area (Å²) >= 11 is 1.65. The molecule has 1 amide bonds. The number of aromatic nitrogens is 3. The third-order valence-corrected chi connectivity index (χ3v) is 5.53. The summed E-state index contributed by atoms with van der Waals surface area (Å²) in [6, 6.07) is 9.64. The maximum atomic E-state index is 12.2. The van der Waals surface area contributed by atoms with Crippen LogP contribution < -0.4 is 10.1 Å². The van der Waals surface area contributed by atoms with Crippen LogP contribution in [0.2, 0.25) is 0 Å². The maximum absolute atomic E-state index is 12.2. The van der Waals surface area contributed by atoms with E-state index in [2.05, 4.69) is 20.3 Å². The molecule has 0 unspecified atom stereocenters. The molecule has 0 atom stereocenters. The van der Waals surface area contributed by atoms with Gasteiger partial charge in [0.15, 0.2) is 5.82 Å². The number of rotatable bonds is 7. The standard InChI is InChI=1S/C22H20N4O2S/c1-28-18-5-2-4-16-15(14-26-21(16)18)6-7-20(27)23-12-8-19-17(9-13-29-19)22-24-10-3-11-25-22/h2-7,9-11,13-14,26H,8,12H2,1H3,(H,23,27)/b7-6+. The number of hydrogen-bond donors (Lipinski definition) is 2. The van der Waals surface area contributed by atoms with Crippen LogP contribution >= 0.6 is 11.3 Å². The minimum absolute atomic E-state index is 0.128. The molecule has 0 aliphatic carbocycles. The largest absolute Gasteiger partial charge is 0.495 e.